The van der Waals surface area contributed by atoms with Gasteiger partial charge in [-0.25, -0.2) is 9.80 Å². The van der Waals surface area contributed by atoms with Crippen LogP contribution in [0.2, 0.25) is 0 Å². The lowest BCUT2D eigenvalue weighted by Crippen LogP contribution is -2.65. The lowest BCUT2D eigenvalue weighted by Gasteiger charge is -2.40. The Bertz CT molecular complexity index is 1250. The molecule has 2 N–H and O–H groups in total. The third-order valence-electron chi connectivity index (χ3n) is 5.56. The van der Waals surface area contributed by atoms with Gasteiger partial charge in [0, 0.05) is 18.6 Å². The Morgan fingerprint density at radius 3 is 2.24 bits per heavy atom. The Hall–Kier alpha value is -4.93. The molecule has 1 aliphatic heterocycles. The number of alkyl carbamates (subject to hydrolysis) is 1. The van der Waals surface area contributed by atoms with Gasteiger partial charge < -0.3 is 14.8 Å². The van der Waals surface area contributed by atoms with Crippen LogP contribution in [0.5, 0.6) is 5.75 Å². The van der Waals surface area contributed by atoms with Crippen LogP contribution in [-0.4, -0.2) is 40.1 Å². The number of nitro benzene ring substituents is 1. The summed E-state index contributed by atoms with van der Waals surface area (Å²) in [7, 11) is 0. The molecule has 11 nitrogen and oxygen atoms in total. The van der Waals surface area contributed by atoms with E-state index >= 15 is 0 Å². The average molecular weight is 504 g/mol. The molecule has 3 aromatic rings. The molecule has 1 heterocycles. The molecule has 0 aliphatic carbocycles. The average Bonchev–Trinajstić information content (AvgIpc) is 2.91. The topological polar surface area (TPSA) is 140 Å². The number of non-ortho nitro benzene ring substituents is 1. The van der Waals surface area contributed by atoms with Crippen molar-refractivity contribution >= 4 is 23.6 Å². The van der Waals surface area contributed by atoms with Crippen LogP contribution in [0.15, 0.2) is 84.9 Å². The van der Waals surface area contributed by atoms with Crippen molar-refractivity contribution in [2.45, 2.75) is 31.7 Å². The van der Waals surface area contributed by atoms with E-state index < -0.39 is 29.2 Å². The predicted octanol–water partition coefficient (Wildman–Crippen LogP) is 3.10. The monoisotopic (exact) mass is 504 g/mol. The first-order valence-electron chi connectivity index (χ1n) is 11.4. The second-order valence-electron chi connectivity index (χ2n) is 8.22. The lowest BCUT2D eigenvalue weighted by atomic mass is 10.0. The summed E-state index contributed by atoms with van der Waals surface area (Å²) < 4.78 is 11.0. The van der Waals surface area contributed by atoms with Crippen molar-refractivity contribution in [2.75, 3.05) is 0 Å². The molecule has 2 atom stereocenters. The molecule has 3 amide bonds. The number of nitrogens with one attached hydrogen (secondary N) is 2. The third-order valence-corrected chi connectivity index (χ3v) is 5.56. The van der Waals surface area contributed by atoms with Gasteiger partial charge in [-0.2, -0.15) is 0 Å². The molecular weight excluding hydrogens is 480 g/mol. The fraction of sp³-hybridized carbons (Fsp3) is 0.192. The number of para-hydroxylation sites is 1. The summed E-state index contributed by atoms with van der Waals surface area (Å²) in [6, 6.07) is 22.3. The summed E-state index contributed by atoms with van der Waals surface area (Å²) in [5, 5.41) is 14.5. The number of nitro groups is 1. The van der Waals surface area contributed by atoms with E-state index in [4.69, 9.17) is 9.47 Å². The second kappa shape index (κ2) is 11.7. The van der Waals surface area contributed by atoms with Gasteiger partial charge in [0.1, 0.15) is 18.4 Å². The molecule has 0 bridgehead atoms. The Labute approximate surface area is 212 Å². The van der Waals surface area contributed by atoms with Crippen molar-refractivity contribution in [3.63, 3.8) is 0 Å². The molecule has 0 spiro atoms. The first-order valence-corrected chi connectivity index (χ1v) is 11.4. The lowest BCUT2D eigenvalue weighted by molar-refractivity contribution is -0.384. The first kappa shape index (κ1) is 25.2. The van der Waals surface area contributed by atoms with E-state index in [2.05, 4.69) is 10.7 Å². The summed E-state index contributed by atoms with van der Waals surface area (Å²) >= 11 is 0. The minimum Gasteiger partial charge on any atom is -0.468 e. The number of ether oxygens (including phenoxy) is 2. The quantitative estimate of drug-likeness (QED) is 0.246. The minimum atomic E-state index is -1.14. The number of nitrogens with zero attached hydrogens (tertiary/aromatic N) is 2. The molecular formula is C26H24N4O7. The van der Waals surface area contributed by atoms with Gasteiger partial charge in [-0.15, -0.1) is 0 Å². The van der Waals surface area contributed by atoms with E-state index in [1.165, 1.54) is 24.3 Å². The summed E-state index contributed by atoms with van der Waals surface area (Å²) in [6.45, 7) is -0.00382. The zero-order valence-corrected chi connectivity index (χ0v) is 19.6. The summed E-state index contributed by atoms with van der Waals surface area (Å²) in [4.78, 5) is 48.2. The highest BCUT2D eigenvalue weighted by molar-refractivity contribution is 5.90. The highest BCUT2D eigenvalue weighted by Crippen LogP contribution is 2.22. The summed E-state index contributed by atoms with van der Waals surface area (Å²) in [5.74, 6) is -0.496. The van der Waals surface area contributed by atoms with Gasteiger partial charge in [0.15, 0.2) is 0 Å². The molecule has 1 saturated heterocycles. The number of hydrogen-bond acceptors (Lipinski definition) is 7. The van der Waals surface area contributed by atoms with Gasteiger partial charge in [-0.05, 0) is 23.3 Å². The number of carbonyl (C=O) groups is 3. The number of amides is 3. The van der Waals surface area contributed by atoms with Gasteiger partial charge in [-0.3, -0.25) is 25.1 Å². The molecule has 1 aliphatic rings. The van der Waals surface area contributed by atoms with Crippen LogP contribution in [0.1, 0.15) is 17.5 Å². The predicted molar refractivity (Wildman–Crippen MR) is 131 cm³/mol. The smallest absolute Gasteiger partial charge is 0.408 e. The van der Waals surface area contributed by atoms with Gasteiger partial charge in [0.25, 0.3) is 11.6 Å². The zero-order valence-electron chi connectivity index (χ0n) is 19.6. The van der Waals surface area contributed by atoms with Gasteiger partial charge in [0.05, 0.1) is 11.3 Å². The SMILES string of the molecule is O=C(N[C@@H](Cc1ccc([N+](=O)[O-])cc1)C(=O)NN1C(=O)CC1Oc1ccccc1)OCc1ccccc1. The van der Waals surface area contributed by atoms with E-state index in [0.717, 1.165) is 10.6 Å². The maximum absolute atomic E-state index is 13.1. The maximum atomic E-state index is 13.1. The van der Waals surface area contributed by atoms with E-state index in [1.54, 1.807) is 48.5 Å². The van der Waals surface area contributed by atoms with Crippen molar-refractivity contribution in [1.29, 1.82) is 0 Å². The minimum absolute atomic E-state index is 0.00347. The number of benzene rings is 3. The number of carbonyl (C=O) groups excluding carboxylic acids is 3. The van der Waals surface area contributed by atoms with Crippen molar-refractivity contribution in [3.8, 4) is 5.75 Å². The number of hydrazine groups is 1. The van der Waals surface area contributed by atoms with Gasteiger partial charge in [0.2, 0.25) is 12.1 Å². The fourth-order valence-electron chi connectivity index (χ4n) is 3.57. The van der Waals surface area contributed by atoms with E-state index in [0.29, 0.717) is 11.3 Å². The number of hydrogen-bond donors (Lipinski definition) is 2. The Balaban J connectivity index is 1.43. The molecule has 4 rings (SSSR count). The summed E-state index contributed by atoms with van der Waals surface area (Å²) in [6.07, 6.45) is -1.47. The van der Waals surface area contributed by atoms with Crippen LogP contribution in [-0.2, 0) is 27.4 Å². The number of rotatable bonds is 10. The van der Waals surface area contributed by atoms with Crippen molar-refractivity contribution in [2.24, 2.45) is 0 Å². The zero-order chi connectivity index (χ0) is 26.2. The molecule has 37 heavy (non-hydrogen) atoms. The Morgan fingerprint density at radius 2 is 1.62 bits per heavy atom. The fourth-order valence-corrected chi connectivity index (χ4v) is 3.57. The van der Waals surface area contributed by atoms with E-state index in [9.17, 15) is 24.5 Å². The van der Waals surface area contributed by atoms with Crippen LogP contribution >= 0.6 is 0 Å². The molecule has 0 radical (unpaired) electrons. The summed E-state index contributed by atoms with van der Waals surface area (Å²) in [5.41, 5.74) is 3.72. The van der Waals surface area contributed by atoms with E-state index in [-0.39, 0.29) is 31.0 Å². The van der Waals surface area contributed by atoms with E-state index in [1.807, 2.05) is 12.1 Å². The van der Waals surface area contributed by atoms with Crippen molar-refractivity contribution in [3.05, 3.63) is 106 Å². The second-order valence-corrected chi connectivity index (χ2v) is 8.22. The molecule has 3 aromatic carbocycles. The van der Waals surface area contributed by atoms with Crippen molar-refractivity contribution < 1.29 is 28.8 Å². The first-order chi connectivity index (χ1) is 17.9. The standard InChI is InChI=1S/C26H24N4O7/c31-23-16-24(37-21-9-5-2-6-10-21)29(23)28-25(32)22(15-18-11-13-20(14-12-18)30(34)35)27-26(33)36-17-19-7-3-1-4-8-19/h1-14,22,24H,15-17H2,(H,27,33)(H,28,32)/t22-,24?/m0/s1. The maximum Gasteiger partial charge on any atom is 0.408 e. The highest BCUT2D eigenvalue weighted by atomic mass is 16.6. The Morgan fingerprint density at radius 1 is 0.973 bits per heavy atom. The molecule has 0 saturated carbocycles. The molecule has 1 fully saturated rings. The van der Waals surface area contributed by atoms with Crippen molar-refractivity contribution in [1.82, 2.24) is 15.8 Å². The molecule has 1 unspecified atom stereocenters. The third kappa shape index (κ3) is 6.82. The van der Waals surface area contributed by atoms with Crippen LogP contribution < -0.4 is 15.5 Å². The van der Waals surface area contributed by atoms with Crippen LogP contribution in [0.3, 0.4) is 0 Å². The largest absolute Gasteiger partial charge is 0.468 e. The van der Waals surface area contributed by atoms with Crippen LogP contribution in [0, 0.1) is 10.1 Å². The molecule has 11 heteroatoms. The van der Waals surface area contributed by atoms with Gasteiger partial charge >= 0.3 is 6.09 Å². The number of β-lactam (4-membered cyclic amide) rings is 1. The highest BCUT2D eigenvalue weighted by Gasteiger charge is 2.40. The molecule has 190 valence electrons. The van der Waals surface area contributed by atoms with Crippen LogP contribution in [0.25, 0.3) is 0 Å². The van der Waals surface area contributed by atoms with Gasteiger partial charge in [-0.1, -0.05) is 60.7 Å². The molecule has 0 aromatic heterocycles. The van der Waals surface area contributed by atoms with Crippen LogP contribution in [0.4, 0.5) is 10.5 Å². The normalized spacial score (nSPS) is 15.2. The Kier molecular flexibility index (Phi) is 7.94.